The van der Waals surface area contributed by atoms with E-state index in [4.69, 9.17) is 0 Å². The van der Waals surface area contributed by atoms with Crippen molar-refractivity contribution >= 4 is 0 Å². The summed E-state index contributed by atoms with van der Waals surface area (Å²) in [6, 6.07) is 3.58. The molecule has 7 heteroatoms. The van der Waals surface area contributed by atoms with Gasteiger partial charge in [-0.05, 0) is 17.7 Å². The number of hydrogen-bond donors (Lipinski definition) is 1. The Morgan fingerprint density at radius 1 is 1.32 bits per heavy atom. The lowest BCUT2D eigenvalue weighted by atomic mass is 10.1. The van der Waals surface area contributed by atoms with Crippen LogP contribution in [0.25, 0.3) is 0 Å². The number of pyridine rings is 1. The van der Waals surface area contributed by atoms with Crippen molar-refractivity contribution in [3.63, 3.8) is 0 Å². The highest BCUT2D eigenvalue weighted by atomic mass is 19.4. The topological polar surface area (TPSA) is 50.8 Å². The van der Waals surface area contributed by atoms with Crippen molar-refractivity contribution in [1.82, 2.24) is 15.0 Å². The number of nitrogens with one attached hydrogen (secondary N) is 1. The molecule has 0 radical (unpaired) electrons. The van der Waals surface area contributed by atoms with E-state index in [2.05, 4.69) is 19.7 Å². The maximum Gasteiger partial charge on any atom is 0.421 e. The van der Waals surface area contributed by atoms with Crippen LogP contribution in [0.4, 0.5) is 13.2 Å². The highest BCUT2D eigenvalue weighted by molar-refractivity contribution is 5.18. The summed E-state index contributed by atoms with van der Waals surface area (Å²) in [5.74, 6) is -0.237. The van der Waals surface area contributed by atoms with E-state index in [9.17, 15) is 13.2 Å². The molecule has 19 heavy (non-hydrogen) atoms. The Balaban J connectivity index is 2.15. The van der Waals surface area contributed by atoms with Gasteiger partial charge in [-0.15, -0.1) is 0 Å². The molecule has 102 valence electrons. The second kappa shape index (κ2) is 5.40. The van der Waals surface area contributed by atoms with Crippen molar-refractivity contribution < 1.29 is 17.9 Å². The van der Waals surface area contributed by atoms with Crippen molar-refractivity contribution in [1.29, 1.82) is 0 Å². The lowest BCUT2D eigenvalue weighted by molar-refractivity contribution is -0.218. The third-order valence-electron chi connectivity index (χ3n) is 2.57. The number of aromatic amines is 1. The zero-order valence-corrected chi connectivity index (χ0v) is 10.1. The predicted molar refractivity (Wildman–Crippen MR) is 61.4 cm³/mol. The maximum absolute atomic E-state index is 12.6. The first-order chi connectivity index (χ1) is 9.00. The number of ether oxygens (including phenoxy) is 1. The van der Waals surface area contributed by atoms with Gasteiger partial charge in [-0.3, -0.25) is 4.98 Å². The molecule has 2 rings (SSSR count). The van der Waals surface area contributed by atoms with Gasteiger partial charge in [0.05, 0.1) is 0 Å². The van der Waals surface area contributed by atoms with Crippen LogP contribution in [-0.4, -0.2) is 28.2 Å². The third-order valence-corrected chi connectivity index (χ3v) is 2.57. The molecule has 0 aliphatic rings. The molecule has 1 atom stereocenters. The zero-order chi connectivity index (χ0) is 13.9. The largest absolute Gasteiger partial charge is 0.421 e. The second-order valence-electron chi connectivity index (χ2n) is 3.98. The van der Waals surface area contributed by atoms with Gasteiger partial charge in [0.1, 0.15) is 5.82 Å². The lowest BCUT2D eigenvalue weighted by Crippen LogP contribution is -2.23. The van der Waals surface area contributed by atoms with E-state index in [0.29, 0.717) is 12.1 Å². The van der Waals surface area contributed by atoms with Crippen LogP contribution in [0.15, 0.2) is 30.7 Å². The van der Waals surface area contributed by atoms with Crippen LogP contribution in [0.1, 0.15) is 23.2 Å². The van der Waals surface area contributed by atoms with Crippen molar-refractivity contribution in [3.8, 4) is 0 Å². The lowest BCUT2D eigenvalue weighted by Gasteiger charge is -2.16. The molecule has 0 saturated carbocycles. The molecular formula is C12H12F3N3O. The zero-order valence-electron chi connectivity index (χ0n) is 10.1. The maximum atomic E-state index is 12.6. The molecule has 0 amide bonds. The number of imidazole rings is 1. The number of alkyl halides is 3. The van der Waals surface area contributed by atoms with Gasteiger partial charge >= 0.3 is 6.18 Å². The van der Waals surface area contributed by atoms with E-state index in [-0.39, 0.29) is 5.82 Å². The smallest absolute Gasteiger partial charge is 0.365 e. The first kappa shape index (κ1) is 13.5. The van der Waals surface area contributed by atoms with Gasteiger partial charge in [0.25, 0.3) is 0 Å². The number of hydrogen-bond acceptors (Lipinski definition) is 3. The molecule has 0 aromatic carbocycles. The summed E-state index contributed by atoms with van der Waals surface area (Å²) in [7, 11) is 1.00. The molecule has 0 aliphatic carbocycles. The van der Waals surface area contributed by atoms with Gasteiger partial charge < -0.3 is 9.72 Å². The minimum absolute atomic E-state index is 0.237. The van der Waals surface area contributed by atoms with Crippen LogP contribution in [0.5, 0.6) is 0 Å². The summed E-state index contributed by atoms with van der Waals surface area (Å²) in [5, 5.41) is 0. The van der Waals surface area contributed by atoms with E-state index >= 15 is 0 Å². The first-order valence-electron chi connectivity index (χ1n) is 5.53. The average Bonchev–Trinajstić information content (AvgIpc) is 2.77. The molecule has 0 bridgehead atoms. The molecule has 0 spiro atoms. The fourth-order valence-corrected chi connectivity index (χ4v) is 1.72. The summed E-state index contributed by atoms with van der Waals surface area (Å²) < 4.78 is 42.4. The van der Waals surface area contributed by atoms with Crippen molar-refractivity contribution in [2.24, 2.45) is 0 Å². The van der Waals surface area contributed by atoms with Crippen LogP contribution in [0.2, 0.25) is 0 Å². The summed E-state index contributed by atoms with van der Waals surface area (Å²) in [4.78, 5) is 10.2. The number of methoxy groups -OCH3 is 1. The number of rotatable bonds is 4. The van der Waals surface area contributed by atoms with Crippen molar-refractivity contribution in [2.75, 3.05) is 7.11 Å². The fourth-order valence-electron chi connectivity index (χ4n) is 1.72. The Labute approximate surface area is 107 Å². The predicted octanol–water partition coefficient (Wildman–Crippen LogP) is 2.65. The Morgan fingerprint density at radius 2 is 2.00 bits per heavy atom. The molecule has 0 aliphatic heterocycles. The van der Waals surface area contributed by atoms with E-state index < -0.39 is 12.3 Å². The Morgan fingerprint density at radius 3 is 2.58 bits per heavy atom. The van der Waals surface area contributed by atoms with Crippen LogP contribution < -0.4 is 0 Å². The van der Waals surface area contributed by atoms with Crippen LogP contribution in [0.3, 0.4) is 0 Å². The quantitative estimate of drug-likeness (QED) is 0.930. The van der Waals surface area contributed by atoms with E-state index in [1.54, 1.807) is 24.5 Å². The van der Waals surface area contributed by atoms with E-state index in [0.717, 1.165) is 12.7 Å². The van der Waals surface area contributed by atoms with Gasteiger partial charge in [-0.2, -0.15) is 13.2 Å². The number of aromatic nitrogens is 3. The summed E-state index contributed by atoms with van der Waals surface area (Å²) in [5.41, 5.74) is 1.53. The Kier molecular flexibility index (Phi) is 3.84. The highest BCUT2D eigenvalue weighted by Gasteiger charge is 2.43. The van der Waals surface area contributed by atoms with Crippen molar-refractivity contribution in [3.05, 3.63) is 47.8 Å². The minimum Gasteiger partial charge on any atom is -0.365 e. The molecule has 2 aromatic rings. The van der Waals surface area contributed by atoms with Crippen molar-refractivity contribution in [2.45, 2.75) is 18.7 Å². The van der Waals surface area contributed by atoms with E-state index in [1.807, 2.05) is 0 Å². The first-order valence-corrected chi connectivity index (χ1v) is 5.53. The van der Waals surface area contributed by atoms with E-state index in [1.165, 1.54) is 6.20 Å². The number of halogens is 3. The van der Waals surface area contributed by atoms with Crippen LogP contribution >= 0.6 is 0 Å². The third kappa shape index (κ3) is 3.31. The molecular weight excluding hydrogens is 259 g/mol. The fraction of sp³-hybridized carbons (Fsp3) is 0.333. The standard InChI is InChI=1S/C12H12F3N3O/c1-19-10(12(13,14)15)11-17-7-9(18-11)6-8-2-4-16-5-3-8/h2-5,7,10H,6H2,1H3,(H,17,18)/t10-/m1/s1. The molecule has 2 aromatic heterocycles. The van der Waals surface area contributed by atoms with Gasteiger partial charge in [-0.1, -0.05) is 0 Å². The van der Waals surface area contributed by atoms with Gasteiger partial charge in [0.2, 0.25) is 6.10 Å². The summed E-state index contributed by atoms with van der Waals surface area (Å²) in [6.45, 7) is 0. The summed E-state index contributed by atoms with van der Waals surface area (Å²) >= 11 is 0. The van der Waals surface area contributed by atoms with Crippen LogP contribution in [-0.2, 0) is 11.2 Å². The second-order valence-corrected chi connectivity index (χ2v) is 3.98. The molecule has 1 N–H and O–H groups in total. The Bertz CT molecular complexity index is 525. The normalized spacial score (nSPS) is 13.5. The van der Waals surface area contributed by atoms with Crippen LogP contribution in [0, 0.1) is 0 Å². The minimum atomic E-state index is -4.49. The molecule has 2 heterocycles. The molecule has 0 fully saturated rings. The van der Waals surface area contributed by atoms with Gasteiger partial charge in [-0.25, -0.2) is 4.98 Å². The summed E-state index contributed by atoms with van der Waals surface area (Å²) in [6.07, 6.45) is -1.42. The molecule has 4 nitrogen and oxygen atoms in total. The molecule has 0 saturated heterocycles. The Hall–Kier alpha value is -1.89. The monoisotopic (exact) mass is 271 g/mol. The van der Waals surface area contributed by atoms with Gasteiger partial charge in [0.15, 0.2) is 0 Å². The SMILES string of the molecule is CO[C@H](c1ncc(Cc2ccncc2)[nH]1)C(F)(F)F. The number of nitrogens with zero attached hydrogens (tertiary/aromatic N) is 2. The molecule has 0 unspecified atom stereocenters. The van der Waals surface area contributed by atoms with Gasteiger partial charge in [0, 0.05) is 37.8 Å². The number of H-pyrrole nitrogens is 1. The highest BCUT2D eigenvalue weighted by Crippen LogP contribution is 2.33. The average molecular weight is 271 g/mol.